The minimum Gasteiger partial charge on any atom is -0.306 e. The molecule has 11 heteroatoms. The van der Waals surface area contributed by atoms with E-state index in [9.17, 15) is 27.6 Å². The smallest absolute Gasteiger partial charge is 0.306 e. The Balaban J connectivity index is 2.04. The Hall–Kier alpha value is -3.91. The summed E-state index contributed by atoms with van der Waals surface area (Å²) in [6.07, 6.45) is -4.71. The molecule has 1 saturated heterocycles. The molecule has 2 aromatic rings. The number of urea groups is 1. The highest BCUT2D eigenvalue weighted by Gasteiger charge is 2.58. The van der Waals surface area contributed by atoms with Crippen molar-refractivity contribution in [2.24, 2.45) is 5.92 Å². The van der Waals surface area contributed by atoms with E-state index in [0.717, 1.165) is 17.0 Å². The molecule has 8 nitrogen and oxygen atoms in total. The SMILES string of the molecule is CC(C)CC(=O)NOCC1(c2ccccc2)C(=O)N(c2ccc(C#N)c(C(F)(F)F)c2)C(=O)N1C. The zero-order chi connectivity index (χ0) is 26.0. The molecule has 1 aliphatic rings. The van der Waals surface area contributed by atoms with Crippen LogP contribution < -0.4 is 10.4 Å². The molecule has 0 radical (unpaired) electrons. The Morgan fingerprint density at radius 3 is 2.40 bits per heavy atom. The number of likely N-dealkylation sites (N-methyl/N-ethyl adjacent to an activating group) is 1. The number of nitrogens with zero attached hydrogens (tertiary/aromatic N) is 3. The van der Waals surface area contributed by atoms with E-state index in [1.165, 1.54) is 13.1 Å². The number of benzene rings is 2. The van der Waals surface area contributed by atoms with Gasteiger partial charge in [0.15, 0.2) is 5.54 Å². The summed E-state index contributed by atoms with van der Waals surface area (Å²) in [5.41, 5.74) is -1.43. The topological polar surface area (TPSA) is 103 Å². The summed E-state index contributed by atoms with van der Waals surface area (Å²) in [7, 11) is 1.32. The number of hydroxylamine groups is 1. The number of hydrogen-bond donors (Lipinski definition) is 1. The van der Waals surface area contributed by atoms with E-state index >= 15 is 0 Å². The molecule has 0 aliphatic carbocycles. The quantitative estimate of drug-likeness (QED) is 0.469. The van der Waals surface area contributed by atoms with Crippen molar-refractivity contribution in [3.8, 4) is 6.07 Å². The van der Waals surface area contributed by atoms with Crippen molar-refractivity contribution in [1.82, 2.24) is 10.4 Å². The van der Waals surface area contributed by atoms with Crippen LogP contribution in [0.1, 0.15) is 37.0 Å². The molecule has 3 rings (SSSR count). The number of carbonyl (C=O) groups is 3. The van der Waals surface area contributed by atoms with Gasteiger partial charge in [-0.15, -0.1) is 0 Å². The molecule has 35 heavy (non-hydrogen) atoms. The third-order valence-electron chi connectivity index (χ3n) is 5.61. The average Bonchev–Trinajstić information content (AvgIpc) is 2.99. The predicted octanol–water partition coefficient (Wildman–Crippen LogP) is 3.96. The molecule has 4 amide bonds. The van der Waals surface area contributed by atoms with Gasteiger partial charge < -0.3 is 4.90 Å². The van der Waals surface area contributed by atoms with Gasteiger partial charge in [-0.05, 0) is 29.7 Å². The van der Waals surface area contributed by atoms with Gasteiger partial charge >= 0.3 is 12.2 Å². The molecule has 1 fully saturated rings. The van der Waals surface area contributed by atoms with Crippen molar-refractivity contribution in [3.63, 3.8) is 0 Å². The molecular formula is C24H23F3N4O4. The van der Waals surface area contributed by atoms with E-state index in [4.69, 9.17) is 10.1 Å². The van der Waals surface area contributed by atoms with E-state index in [2.05, 4.69) is 5.48 Å². The first-order valence-corrected chi connectivity index (χ1v) is 10.6. The number of nitriles is 1. The third kappa shape index (κ3) is 4.83. The first kappa shape index (κ1) is 25.7. The normalized spacial score (nSPS) is 18.2. The Morgan fingerprint density at radius 2 is 1.83 bits per heavy atom. The molecule has 0 saturated carbocycles. The van der Waals surface area contributed by atoms with E-state index in [-0.39, 0.29) is 18.0 Å². The number of alkyl halides is 3. The fraction of sp³-hybridized carbons (Fsp3) is 0.333. The van der Waals surface area contributed by atoms with Crippen molar-refractivity contribution in [1.29, 1.82) is 5.26 Å². The number of imide groups is 1. The molecule has 1 aliphatic heterocycles. The van der Waals surface area contributed by atoms with Crippen LogP contribution in [0, 0.1) is 17.2 Å². The number of halogens is 3. The number of amides is 4. The third-order valence-corrected chi connectivity index (χ3v) is 5.61. The van der Waals surface area contributed by atoms with Crippen molar-refractivity contribution >= 4 is 23.5 Å². The molecule has 184 valence electrons. The largest absolute Gasteiger partial charge is 0.417 e. The van der Waals surface area contributed by atoms with Crippen LogP contribution in [0.25, 0.3) is 0 Å². The summed E-state index contributed by atoms with van der Waals surface area (Å²) in [5.74, 6) is -1.25. The van der Waals surface area contributed by atoms with Gasteiger partial charge in [-0.1, -0.05) is 44.2 Å². The molecule has 0 spiro atoms. The predicted molar refractivity (Wildman–Crippen MR) is 118 cm³/mol. The van der Waals surface area contributed by atoms with Gasteiger partial charge in [-0.25, -0.2) is 15.2 Å². The lowest BCUT2D eigenvalue weighted by atomic mass is 9.89. The molecule has 1 heterocycles. The average molecular weight is 488 g/mol. The second kappa shape index (κ2) is 9.76. The highest BCUT2D eigenvalue weighted by molar-refractivity contribution is 6.23. The molecule has 2 aromatic carbocycles. The second-order valence-electron chi connectivity index (χ2n) is 8.46. The van der Waals surface area contributed by atoms with Crippen LogP contribution in [-0.2, 0) is 26.1 Å². The summed E-state index contributed by atoms with van der Waals surface area (Å²) < 4.78 is 40.5. The van der Waals surface area contributed by atoms with Crippen LogP contribution in [0.15, 0.2) is 48.5 Å². The maximum absolute atomic E-state index is 13.7. The lowest BCUT2D eigenvalue weighted by molar-refractivity contribution is -0.142. The molecular weight excluding hydrogens is 465 g/mol. The summed E-state index contributed by atoms with van der Waals surface area (Å²) >= 11 is 0. The molecule has 1 atom stereocenters. The number of hydrogen-bond acceptors (Lipinski definition) is 5. The summed E-state index contributed by atoms with van der Waals surface area (Å²) in [6.45, 7) is 3.19. The number of rotatable bonds is 7. The van der Waals surface area contributed by atoms with Crippen molar-refractivity contribution < 1.29 is 32.4 Å². The Labute approximate surface area is 199 Å². The maximum Gasteiger partial charge on any atom is 0.417 e. The van der Waals surface area contributed by atoms with Gasteiger partial charge in [-0.2, -0.15) is 18.4 Å². The maximum atomic E-state index is 13.7. The zero-order valence-corrected chi connectivity index (χ0v) is 19.2. The minimum absolute atomic E-state index is 0.0498. The van der Waals surface area contributed by atoms with Crippen LogP contribution in [0.3, 0.4) is 0 Å². The van der Waals surface area contributed by atoms with Gasteiger partial charge in [0.1, 0.15) is 6.61 Å². The van der Waals surface area contributed by atoms with Gasteiger partial charge in [0.2, 0.25) is 5.91 Å². The lowest BCUT2D eigenvalue weighted by Crippen LogP contribution is -2.50. The van der Waals surface area contributed by atoms with Crippen LogP contribution in [0.4, 0.5) is 23.7 Å². The summed E-state index contributed by atoms with van der Waals surface area (Å²) in [6, 6.07) is 11.3. The highest BCUT2D eigenvalue weighted by atomic mass is 19.4. The van der Waals surface area contributed by atoms with E-state index in [1.807, 2.05) is 13.8 Å². The second-order valence-corrected chi connectivity index (χ2v) is 8.46. The van der Waals surface area contributed by atoms with Crippen LogP contribution >= 0.6 is 0 Å². The molecule has 0 aromatic heterocycles. The van der Waals surface area contributed by atoms with Crippen LogP contribution in [0.2, 0.25) is 0 Å². The monoisotopic (exact) mass is 488 g/mol. The Bertz CT molecular complexity index is 1180. The fourth-order valence-electron chi connectivity index (χ4n) is 3.87. The summed E-state index contributed by atoms with van der Waals surface area (Å²) in [4.78, 5) is 46.0. The lowest BCUT2D eigenvalue weighted by Gasteiger charge is -2.32. The van der Waals surface area contributed by atoms with Gasteiger partial charge in [0.05, 0.1) is 22.9 Å². The van der Waals surface area contributed by atoms with Crippen LogP contribution in [-0.4, -0.2) is 36.4 Å². The van der Waals surface area contributed by atoms with Gasteiger partial charge in [0, 0.05) is 13.5 Å². The standard InChI is InChI=1S/C24H23F3N4O4/c1-15(2)11-20(32)29-35-14-23(17-7-5-4-6-8-17)21(33)31(22(34)30(23)3)18-10-9-16(13-28)19(12-18)24(25,26)27/h4-10,12,15H,11,14H2,1-3H3,(H,29,32). The van der Waals surface area contributed by atoms with Crippen LogP contribution in [0.5, 0.6) is 0 Å². The first-order chi connectivity index (χ1) is 16.4. The zero-order valence-electron chi connectivity index (χ0n) is 19.2. The number of nitrogens with one attached hydrogen (secondary N) is 1. The number of carbonyl (C=O) groups excluding carboxylic acids is 3. The Morgan fingerprint density at radius 1 is 1.17 bits per heavy atom. The van der Waals surface area contributed by atoms with E-state index in [1.54, 1.807) is 30.3 Å². The first-order valence-electron chi connectivity index (χ1n) is 10.6. The molecule has 1 unspecified atom stereocenters. The fourth-order valence-corrected chi connectivity index (χ4v) is 3.87. The van der Waals surface area contributed by atoms with Crippen molar-refractivity contribution in [2.45, 2.75) is 32.0 Å². The minimum atomic E-state index is -4.88. The molecule has 0 bridgehead atoms. The van der Waals surface area contributed by atoms with Crippen molar-refractivity contribution in [3.05, 3.63) is 65.2 Å². The van der Waals surface area contributed by atoms with Crippen molar-refractivity contribution in [2.75, 3.05) is 18.6 Å². The molecule has 1 N–H and O–H groups in total. The highest BCUT2D eigenvalue weighted by Crippen LogP contribution is 2.41. The summed E-state index contributed by atoms with van der Waals surface area (Å²) in [5, 5.41) is 9.06. The number of anilines is 1. The van der Waals surface area contributed by atoms with E-state index in [0.29, 0.717) is 16.5 Å². The van der Waals surface area contributed by atoms with Gasteiger partial charge in [0.25, 0.3) is 5.91 Å². The van der Waals surface area contributed by atoms with E-state index < -0.39 is 47.3 Å². The van der Waals surface area contributed by atoms with Gasteiger partial charge in [-0.3, -0.25) is 14.4 Å². The Kier molecular flexibility index (Phi) is 7.17.